The molecule has 0 amide bonds. The Labute approximate surface area is 129 Å². The minimum absolute atomic E-state index is 0.609. The Morgan fingerprint density at radius 3 is 2.45 bits per heavy atom. The van der Waals surface area contributed by atoms with Crippen molar-refractivity contribution in [3.63, 3.8) is 0 Å². The molecule has 110 valence electrons. The van der Waals surface area contributed by atoms with Crippen molar-refractivity contribution in [3.8, 4) is 17.0 Å². The van der Waals surface area contributed by atoms with Crippen molar-refractivity contribution in [2.45, 2.75) is 13.8 Å². The number of aromatic nitrogens is 1. The molecule has 0 unspecified atom stereocenters. The van der Waals surface area contributed by atoms with E-state index in [0.29, 0.717) is 5.56 Å². The number of methoxy groups -OCH3 is 1. The maximum Gasteiger partial charge on any atom is 0.152 e. The van der Waals surface area contributed by atoms with Crippen LogP contribution in [0, 0.1) is 13.8 Å². The molecule has 1 aromatic heterocycles. The molecular weight excluding hydrogens is 274 g/mol. The lowest BCUT2D eigenvalue weighted by Gasteiger charge is -2.15. The molecule has 0 spiro atoms. The third kappa shape index (κ3) is 2.15. The van der Waals surface area contributed by atoms with Crippen LogP contribution in [-0.2, 0) is 0 Å². The van der Waals surface area contributed by atoms with Crippen LogP contribution in [-0.4, -0.2) is 18.4 Å². The smallest absolute Gasteiger partial charge is 0.152 e. The fraction of sp³-hybridized carbons (Fsp3) is 0.158. The van der Waals surface area contributed by atoms with E-state index in [-0.39, 0.29) is 0 Å². The van der Waals surface area contributed by atoms with Gasteiger partial charge in [0.25, 0.3) is 0 Å². The maximum atomic E-state index is 11.2. The number of aldehydes is 1. The summed E-state index contributed by atoms with van der Waals surface area (Å²) in [5.74, 6) is 0.839. The highest BCUT2D eigenvalue weighted by atomic mass is 16.5. The quantitative estimate of drug-likeness (QED) is 0.674. The van der Waals surface area contributed by atoms with E-state index < -0.39 is 0 Å². The van der Waals surface area contributed by atoms with E-state index in [0.717, 1.165) is 45.2 Å². The summed E-state index contributed by atoms with van der Waals surface area (Å²) in [7, 11) is 1.67. The molecule has 0 aliphatic rings. The second kappa shape index (κ2) is 5.60. The van der Waals surface area contributed by atoms with Gasteiger partial charge in [-0.2, -0.15) is 0 Å². The number of carbonyl (C=O) groups excluding carboxylic acids is 1. The number of carbonyl (C=O) groups is 1. The maximum absolute atomic E-state index is 11.2. The summed E-state index contributed by atoms with van der Waals surface area (Å²) in [4.78, 5) is 15.8. The van der Waals surface area contributed by atoms with Crippen molar-refractivity contribution in [1.29, 1.82) is 0 Å². The van der Waals surface area contributed by atoms with E-state index in [1.54, 1.807) is 13.3 Å². The van der Waals surface area contributed by atoms with Crippen LogP contribution in [0.5, 0.6) is 5.75 Å². The average Bonchev–Trinajstić information content (AvgIpc) is 2.55. The predicted octanol–water partition coefficient (Wildman–Crippen LogP) is 4.34. The van der Waals surface area contributed by atoms with Gasteiger partial charge < -0.3 is 4.74 Å². The van der Waals surface area contributed by atoms with Crippen LogP contribution in [0.2, 0.25) is 0 Å². The molecule has 2 aromatic carbocycles. The molecule has 0 bridgehead atoms. The average molecular weight is 291 g/mol. The lowest BCUT2D eigenvalue weighted by atomic mass is 9.94. The second-order valence-corrected chi connectivity index (χ2v) is 5.31. The highest BCUT2D eigenvalue weighted by molar-refractivity contribution is 6.04. The lowest BCUT2D eigenvalue weighted by Crippen LogP contribution is -1.97. The van der Waals surface area contributed by atoms with Gasteiger partial charge in [0, 0.05) is 28.3 Å². The second-order valence-electron chi connectivity index (χ2n) is 5.31. The Hall–Kier alpha value is -2.68. The molecule has 0 saturated carbocycles. The van der Waals surface area contributed by atoms with Crippen LogP contribution < -0.4 is 4.74 Å². The minimum atomic E-state index is 0.609. The zero-order chi connectivity index (χ0) is 15.7. The van der Waals surface area contributed by atoms with Gasteiger partial charge in [0.05, 0.1) is 12.8 Å². The molecule has 0 N–H and O–H groups in total. The monoisotopic (exact) mass is 291 g/mol. The topological polar surface area (TPSA) is 39.2 Å². The summed E-state index contributed by atoms with van der Waals surface area (Å²) >= 11 is 0. The number of fused-ring (bicyclic) bond motifs is 1. The molecule has 3 nitrogen and oxygen atoms in total. The van der Waals surface area contributed by atoms with Gasteiger partial charge in [-0.05, 0) is 30.9 Å². The number of rotatable bonds is 3. The van der Waals surface area contributed by atoms with E-state index in [4.69, 9.17) is 4.74 Å². The molecule has 3 aromatic rings. The fourth-order valence-electron chi connectivity index (χ4n) is 2.92. The number of hydrogen-bond donors (Lipinski definition) is 0. The summed E-state index contributed by atoms with van der Waals surface area (Å²) in [6.45, 7) is 4.09. The summed E-state index contributed by atoms with van der Waals surface area (Å²) in [5.41, 5.74) is 4.74. The van der Waals surface area contributed by atoms with E-state index in [1.807, 2.05) is 43.3 Å². The molecule has 3 heteroatoms. The van der Waals surface area contributed by atoms with Crippen molar-refractivity contribution in [2.24, 2.45) is 0 Å². The first-order chi connectivity index (χ1) is 10.7. The Kier molecular flexibility index (Phi) is 3.63. The first-order valence-corrected chi connectivity index (χ1v) is 7.15. The third-order valence-electron chi connectivity index (χ3n) is 4.03. The number of hydrogen-bond acceptors (Lipinski definition) is 3. The van der Waals surface area contributed by atoms with Crippen LogP contribution in [0.1, 0.15) is 21.5 Å². The summed E-state index contributed by atoms with van der Waals surface area (Å²) in [6, 6.07) is 11.9. The Bertz CT molecular complexity index is 869. The van der Waals surface area contributed by atoms with E-state index in [9.17, 15) is 4.79 Å². The van der Waals surface area contributed by atoms with E-state index in [2.05, 4.69) is 11.9 Å². The first-order valence-electron chi connectivity index (χ1n) is 7.15. The molecule has 0 fully saturated rings. The van der Waals surface area contributed by atoms with Crippen LogP contribution in [0.25, 0.3) is 22.0 Å². The number of benzene rings is 2. The summed E-state index contributed by atoms with van der Waals surface area (Å²) < 4.78 is 5.44. The van der Waals surface area contributed by atoms with Gasteiger partial charge in [-0.1, -0.05) is 30.3 Å². The lowest BCUT2D eigenvalue weighted by molar-refractivity contribution is 0.112. The molecule has 1 heterocycles. The van der Waals surface area contributed by atoms with Crippen LogP contribution in [0.3, 0.4) is 0 Å². The molecule has 3 rings (SSSR count). The zero-order valence-corrected chi connectivity index (χ0v) is 12.9. The summed E-state index contributed by atoms with van der Waals surface area (Å²) in [6.07, 6.45) is 2.49. The molecule has 0 saturated heterocycles. The number of ether oxygens (including phenoxy) is 1. The van der Waals surface area contributed by atoms with Gasteiger partial charge in [0.15, 0.2) is 6.29 Å². The Morgan fingerprint density at radius 1 is 1.05 bits per heavy atom. The highest BCUT2D eigenvalue weighted by Crippen LogP contribution is 2.36. The normalized spacial score (nSPS) is 10.7. The van der Waals surface area contributed by atoms with Crippen LogP contribution >= 0.6 is 0 Å². The molecule has 0 aliphatic carbocycles. The standard InChI is InChI=1S/C19H17NO2/c1-12-8-9-17(22-3)13(2)18(12)19-16-7-5-4-6-15(16)14(11-21)10-20-19/h4-11H,1-3H3. The minimum Gasteiger partial charge on any atom is -0.496 e. The van der Waals surface area contributed by atoms with Gasteiger partial charge in [0.1, 0.15) is 5.75 Å². The van der Waals surface area contributed by atoms with Crippen LogP contribution in [0.4, 0.5) is 0 Å². The van der Waals surface area contributed by atoms with Gasteiger partial charge in [-0.25, -0.2) is 0 Å². The highest BCUT2D eigenvalue weighted by Gasteiger charge is 2.15. The molecular formula is C19H17NO2. The number of aryl methyl sites for hydroxylation is 1. The third-order valence-corrected chi connectivity index (χ3v) is 4.03. The molecule has 22 heavy (non-hydrogen) atoms. The SMILES string of the molecule is COc1ccc(C)c(-c2ncc(C=O)c3ccccc23)c1C. The predicted molar refractivity (Wildman–Crippen MR) is 88.6 cm³/mol. The molecule has 0 radical (unpaired) electrons. The van der Waals surface area contributed by atoms with Gasteiger partial charge >= 0.3 is 0 Å². The van der Waals surface area contributed by atoms with Crippen LogP contribution in [0.15, 0.2) is 42.6 Å². The number of pyridine rings is 1. The van der Waals surface area contributed by atoms with Crippen molar-refractivity contribution in [2.75, 3.05) is 7.11 Å². The largest absolute Gasteiger partial charge is 0.496 e. The van der Waals surface area contributed by atoms with Crippen molar-refractivity contribution >= 4 is 17.1 Å². The van der Waals surface area contributed by atoms with E-state index in [1.165, 1.54) is 0 Å². The summed E-state index contributed by atoms with van der Waals surface area (Å²) in [5, 5.41) is 1.90. The Balaban J connectivity index is 2.40. The molecule has 0 aliphatic heterocycles. The molecule has 0 atom stereocenters. The Morgan fingerprint density at radius 2 is 1.77 bits per heavy atom. The van der Waals surface area contributed by atoms with Crippen molar-refractivity contribution < 1.29 is 9.53 Å². The van der Waals surface area contributed by atoms with E-state index >= 15 is 0 Å². The van der Waals surface area contributed by atoms with Gasteiger partial charge in [0.2, 0.25) is 0 Å². The van der Waals surface area contributed by atoms with Crippen molar-refractivity contribution in [1.82, 2.24) is 4.98 Å². The zero-order valence-electron chi connectivity index (χ0n) is 12.9. The van der Waals surface area contributed by atoms with Crippen molar-refractivity contribution in [3.05, 3.63) is 59.3 Å². The fourth-order valence-corrected chi connectivity index (χ4v) is 2.92. The van der Waals surface area contributed by atoms with Gasteiger partial charge in [-0.15, -0.1) is 0 Å². The first kappa shape index (κ1) is 14.3. The van der Waals surface area contributed by atoms with Gasteiger partial charge in [-0.3, -0.25) is 9.78 Å². The number of nitrogens with zero attached hydrogens (tertiary/aromatic N) is 1.